The summed E-state index contributed by atoms with van der Waals surface area (Å²) in [6.45, 7) is 2.85. The van der Waals surface area contributed by atoms with Crippen molar-refractivity contribution in [1.82, 2.24) is 14.4 Å². The van der Waals surface area contributed by atoms with Gasteiger partial charge in [-0.1, -0.05) is 29.8 Å². The number of para-hydroxylation sites is 1. The van der Waals surface area contributed by atoms with Crippen LogP contribution in [0.3, 0.4) is 0 Å². The Morgan fingerprint density at radius 2 is 1.55 bits per heavy atom. The van der Waals surface area contributed by atoms with E-state index in [0.29, 0.717) is 22.0 Å². The fourth-order valence-electron chi connectivity index (χ4n) is 5.00. The molecule has 3 amide bonds. The van der Waals surface area contributed by atoms with Crippen LogP contribution in [0, 0.1) is 6.92 Å². The van der Waals surface area contributed by atoms with Crippen molar-refractivity contribution in [3.05, 3.63) is 101 Å². The number of hydrogen-bond donors (Lipinski definition) is 1. The normalized spacial score (nSPS) is 13.7. The number of amides is 3. The molecule has 0 unspecified atom stereocenters. The summed E-state index contributed by atoms with van der Waals surface area (Å²) in [6.07, 6.45) is -4.51. The van der Waals surface area contributed by atoms with E-state index in [1.807, 2.05) is 60.0 Å². The maximum Gasteiger partial charge on any atom is 0.416 e. The number of nitrogens with one attached hydrogen (secondary N) is 1. The van der Waals surface area contributed by atoms with Gasteiger partial charge >= 0.3 is 12.2 Å². The van der Waals surface area contributed by atoms with E-state index in [9.17, 15) is 22.8 Å². The van der Waals surface area contributed by atoms with Crippen molar-refractivity contribution in [2.45, 2.75) is 13.1 Å². The van der Waals surface area contributed by atoms with E-state index < -0.39 is 17.8 Å². The summed E-state index contributed by atoms with van der Waals surface area (Å²) in [6, 6.07) is 20.7. The third-order valence-corrected chi connectivity index (χ3v) is 7.57. The molecular weight excluding hydrogens is 569 g/mol. The van der Waals surface area contributed by atoms with Crippen LogP contribution in [0.25, 0.3) is 16.9 Å². The first-order valence-electron chi connectivity index (χ1n) is 13.2. The zero-order valence-electron chi connectivity index (χ0n) is 22.9. The zero-order valence-corrected chi connectivity index (χ0v) is 23.7. The van der Waals surface area contributed by atoms with E-state index in [2.05, 4.69) is 5.32 Å². The van der Waals surface area contributed by atoms with Crippen molar-refractivity contribution in [3.8, 4) is 22.7 Å². The molecule has 1 aromatic heterocycles. The minimum Gasteiger partial charge on any atom is -0.497 e. The summed E-state index contributed by atoms with van der Waals surface area (Å²) in [5.74, 6) is 0.517. The number of methoxy groups -OCH3 is 1. The van der Waals surface area contributed by atoms with Gasteiger partial charge < -0.3 is 24.4 Å². The highest BCUT2D eigenvalue weighted by molar-refractivity contribution is 6.32. The minimum absolute atomic E-state index is 0.0518. The first-order valence-corrected chi connectivity index (χ1v) is 13.6. The number of halogens is 4. The molecule has 4 aromatic rings. The van der Waals surface area contributed by atoms with Crippen molar-refractivity contribution >= 4 is 29.2 Å². The lowest BCUT2D eigenvalue weighted by molar-refractivity contribution is -0.137. The van der Waals surface area contributed by atoms with Crippen molar-refractivity contribution in [1.29, 1.82) is 0 Å². The Balaban J connectivity index is 1.35. The number of aromatic nitrogens is 1. The van der Waals surface area contributed by atoms with Gasteiger partial charge in [-0.3, -0.25) is 4.79 Å². The van der Waals surface area contributed by atoms with Gasteiger partial charge in [0.1, 0.15) is 5.75 Å². The largest absolute Gasteiger partial charge is 0.497 e. The lowest BCUT2D eigenvalue weighted by Crippen LogP contribution is -2.51. The molecule has 1 fully saturated rings. The number of urea groups is 1. The first kappa shape index (κ1) is 29.1. The molecule has 1 saturated heterocycles. The highest BCUT2D eigenvalue weighted by Crippen LogP contribution is 2.34. The Bertz CT molecular complexity index is 1610. The minimum atomic E-state index is -4.51. The second-order valence-electron chi connectivity index (χ2n) is 9.83. The topological polar surface area (TPSA) is 66.8 Å². The van der Waals surface area contributed by atoms with E-state index in [1.165, 1.54) is 17.0 Å². The fraction of sp³-hybridized carbons (Fsp3) is 0.226. The third-order valence-electron chi connectivity index (χ3n) is 7.25. The maximum atomic E-state index is 13.8. The Labute approximate surface area is 246 Å². The van der Waals surface area contributed by atoms with Gasteiger partial charge in [-0.05, 0) is 73.2 Å². The van der Waals surface area contributed by atoms with Crippen molar-refractivity contribution in [2.75, 3.05) is 38.6 Å². The fourth-order valence-corrected chi connectivity index (χ4v) is 5.22. The van der Waals surface area contributed by atoms with Gasteiger partial charge in [-0.2, -0.15) is 13.2 Å². The zero-order chi connectivity index (χ0) is 30.0. The molecule has 0 atom stereocenters. The molecule has 7 nitrogen and oxygen atoms in total. The van der Waals surface area contributed by atoms with Gasteiger partial charge in [-0.15, -0.1) is 0 Å². The van der Waals surface area contributed by atoms with Crippen LogP contribution < -0.4 is 10.1 Å². The number of piperazine rings is 1. The number of benzene rings is 3. The molecule has 3 aromatic carbocycles. The summed E-state index contributed by atoms with van der Waals surface area (Å²) in [7, 11) is 1.59. The standard InChI is InChI=1S/C31H28ClF3N4O3/c1-20-25(19-28(21-10-12-24(42-2)13-11-21)39(20)27-9-4-3-8-26(27)32)29(40)37-14-16-38(17-15-37)30(41)36-23-7-5-6-22(18-23)31(33,34)35/h3-13,18-19H,14-17H2,1-2H3,(H,36,41). The smallest absolute Gasteiger partial charge is 0.416 e. The van der Waals surface area contributed by atoms with Crippen LogP contribution in [-0.2, 0) is 6.18 Å². The van der Waals surface area contributed by atoms with Crippen molar-refractivity contribution in [2.24, 2.45) is 0 Å². The predicted molar refractivity (Wildman–Crippen MR) is 155 cm³/mol. The number of nitrogens with zero attached hydrogens (tertiary/aromatic N) is 3. The Morgan fingerprint density at radius 3 is 2.19 bits per heavy atom. The van der Waals surface area contributed by atoms with Gasteiger partial charge in [0, 0.05) is 37.6 Å². The van der Waals surface area contributed by atoms with Gasteiger partial charge in [0.05, 0.1) is 34.6 Å². The monoisotopic (exact) mass is 596 g/mol. The molecule has 0 spiro atoms. The Hall–Kier alpha value is -4.44. The summed E-state index contributed by atoms with van der Waals surface area (Å²) in [4.78, 5) is 29.7. The van der Waals surface area contributed by atoms with Crippen LogP contribution in [0.1, 0.15) is 21.6 Å². The molecule has 0 bridgehead atoms. The molecule has 11 heteroatoms. The number of carbonyl (C=O) groups is 2. The number of anilines is 1. The van der Waals surface area contributed by atoms with Crippen molar-refractivity contribution < 1.29 is 27.5 Å². The van der Waals surface area contributed by atoms with E-state index in [-0.39, 0.29) is 37.8 Å². The average molecular weight is 597 g/mol. The quantitative estimate of drug-likeness (QED) is 0.267. The van der Waals surface area contributed by atoms with Crippen molar-refractivity contribution in [3.63, 3.8) is 0 Å². The number of hydrogen-bond acceptors (Lipinski definition) is 3. The predicted octanol–water partition coefficient (Wildman–Crippen LogP) is 7.12. The van der Waals surface area contributed by atoms with Gasteiger partial charge in [0.2, 0.25) is 0 Å². The highest BCUT2D eigenvalue weighted by Gasteiger charge is 2.31. The van der Waals surface area contributed by atoms with Gasteiger partial charge in [-0.25, -0.2) is 4.79 Å². The molecule has 0 aliphatic carbocycles. The van der Waals surface area contributed by atoms with Crippen LogP contribution in [0.4, 0.5) is 23.7 Å². The Morgan fingerprint density at radius 1 is 0.881 bits per heavy atom. The van der Waals surface area contributed by atoms with Gasteiger partial charge in [0.15, 0.2) is 0 Å². The van der Waals surface area contributed by atoms with Crippen LogP contribution in [0.2, 0.25) is 5.02 Å². The van der Waals surface area contributed by atoms with Crippen LogP contribution in [0.5, 0.6) is 5.75 Å². The van der Waals surface area contributed by atoms with E-state index >= 15 is 0 Å². The number of carbonyl (C=O) groups excluding carboxylic acids is 2. The highest BCUT2D eigenvalue weighted by atomic mass is 35.5. The summed E-state index contributed by atoms with van der Waals surface area (Å²) in [5.41, 5.74) is 2.81. The second-order valence-corrected chi connectivity index (χ2v) is 10.2. The molecule has 0 saturated carbocycles. The lowest BCUT2D eigenvalue weighted by atomic mass is 10.1. The first-order chi connectivity index (χ1) is 20.1. The molecule has 5 rings (SSSR count). The molecule has 0 radical (unpaired) electrons. The van der Waals surface area contributed by atoms with Crippen LogP contribution in [-0.4, -0.2) is 59.6 Å². The summed E-state index contributed by atoms with van der Waals surface area (Å²) in [5, 5.41) is 3.06. The second kappa shape index (κ2) is 11.8. The molecule has 1 aliphatic rings. The summed E-state index contributed by atoms with van der Waals surface area (Å²) >= 11 is 6.57. The number of ether oxygens (including phenoxy) is 1. The molecular formula is C31H28ClF3N4O3. The lowest BCUT2D eigenvalue weighted by Gasteiger charge is -2.34. The SMILES string of the molecule is COc1ccc(-c2cc(C(=O)N3CCN(C(=O)Nc4cccc(C(F)(F)F)c4)CC3)c(C)n2-c2ccccc2Cl)cc1. The molecule has 2 heterocycles. The van der Waals surface area contributed by atoms with E-state index in [4.69, 9.17) is 16.3 Å². The number of rotatable bonds is 5. The third kappa shape index (κ3) is 5.94. The van der Waals surface area contributed by atoms with Gasteiger partial charge in [0.25, 0.3) is 5.91 Å². The van der Waals surface area contributed by atoms with Crippen LogP contribution >= 0.6 is 11.6 Å². The number of alkyl halides is 3. The van der Waals surface area contributed by atoms with E-state index in [1.54, 1.807) is 18.1 Å². The average Bonchev–Trinajstić information content (AvgIpc) is 3.33. The summed E-state index contributed by atoms with van der Waals surface area (Å²) < 4.78 is 46.4. The Kier molecular flexibility index (Phi) is 8.17. The molecule has 42 heavy (non-hydrogen) atoms. The molecule has 1 N–H and O–H groups in total. The maximum absolute atomic E-state index is 13.8. The molecule has 218 valence electrons. The molecule has 1 aliphatic heterocycles. The van der Waals surface area contributed by atoms with E-state index in [0.717, 1.165) is 29.1 Å². The van der Waals surface area contributed by atoms with Crippen LogP contribution in [0.15, 0.2) is 78.9 Å².